The SMILES string of the molecule is CCC(CC)/C(CNN[C@@H]1CC[C@@H](N)C1)=N/C1=CC=N[NH2+]1. The predicted molar refractivity (Wildman–Crippen MR) is 86.8 cm³/mol. The molecule has 1 saturated carbocycles. The molecule has 0 saturated heterocycles. The van der Waals surface area contributed by atoms with Crippen molar-refractivity contribution >= 4 is 11.9 Å². The van der Waals surface area contributed by atoms with Gasteiger partial charge in [-0.1, -0.05) is 18.9 Å². The minimum absolute atomic E-state index is 0.354. The van der Waals surface area contributed by atoms with E-state index >= 15 is 0 Å². The number of nitrogens with two attached hydrogens (primary N) is 2. The van der Waals surface area contributed by atoms with Gasteiger partial charge in [-0.3, -0.25) is 10.9 Å². The van der Waals surface area contributed by atoms with Crippen molar-refractivity contribution in [3.05, 3.63) is 11.9 Å². The molecule has 0 aromatic heterocycles. The average molecular weight is 293 g/mol. The van der Waals surface area contributed by atoms with E-state index in [1.807, 2.05) is 11.5 Å². The quantitative estimate of drug-likeness (QED) is 0.293. The van der Waals surface area contributed by atoms with E-state index in [0.717, 1.165) is 44.5 Å². The van der Waals surface area contributed by atoms with Gasteiger partial charge in [0, 0.05) is 30.4 Å². The van der Waals surface area contributed by atoms with E-state index in [-0.39, 0.29) is 0 Å². The van der Waals surface area contributed by atoms with Crippen LogP contribution in [0.5, 0.6) is 0 Å². The summed E-state index contributed by atoms with van der Waals surface area (Å²) in [4.78, 5) is 4.77. The highest BCUT2D eigenvalue weighted by Gasteiger charge is 2.21. The molecule has 0 radical (unpaired) electrons. The van der Waals surface area contributed by atoms with Gasteiger partial charge in [-0.05, 0) is 38.0 Å². The van der Waals surface area contributed by atoms with Gasteiger partial charge in [0.2, 0.25) is 0 Å². The highest BCUT2D eigenvalue weighted by atomic mass is 15.4. The summed E-state index contributed by atoms with van der Waals surface area (Å²) < 4.78 is 0. The lowest BCUT2D eigenvalue weighted by Gasteiger charge is -2.19. The molecular weight excluding hydrogens is 264 g/mol. The first-order valence-electron chi connectivity index (χ1n) is 8.11. The molecule has 6 heteroatoms. The van der Waals surface area contributed by atoms with Crippen molar-refractivity contribution in [1.82, 2.24) is 10.9 Å². The van der Waals surface area contributed by atoms with Crippen molar-refractivity contribution in [3.8, 4) is 0 Å². The molecule has 6 nitrogen and oxygen atoms in total. The normalized spacial score (nSPS) is 25.9. The zero-order chi connectivity index (χ0) is 15.1. The second kappa shape index (κ2) is 8.38. The van der Waals surface area contributed by atoms with Crippen molar-refractivity contribution in [3.63, 3.8) is 0 Å². The zero-order valence-corrected chi connectivity index (χ0v) is 13.2. The fourth-order valence-electron chi connectivity index (χ4n) is 2.98. The number of allylic oxidation sites excluding steroid dienone is 1. The number of hydrazine groups is 1. The first-order valence-corrected chi connectivity index (χ1v) is 8.11. The number of hydrogen-bond donors (Lipinski definition) is 4. The van der Waals surface area contributed by atoms with E-state index in [1.54, 1.807) is 6.21 Å². The molecule has 2 rings (SSSR count). The maximum Gasteiger partial charge on any atom is 0.252 e. The van der Waals surface area contributed by atoms with Crippen LogP contribution >= 0.6 is 0 Å². The molecule has 2 atom stereocenters. The first-order chi connectivity index (χ1) is 10.2. The third-order valence-corrected chi connectivity index (χ3v) is 4.32. The maximum atomic E-state index is 5.94. The molecule has 2 aliphatic rings. The third-order valence-electron chi connectivity index (χ3n) is 4.32. The van der Waals surface area contributed by atoms with Gasteiger partial charge in [0.25, 0.3) is 5.82 Å². The smallest absolute Gasteiger partial charge is 0.252 e. The highest BCUT2D eigenvalue weighted by molar-refractivity contribution is 5.89. The Morgan fingerprint density at radius 3 is 2.86 bits per heavy atom. The van der Waals surface area contributed by atoms with Crippen molar-refractivity contribution < 1.29 is 5.43 Å². The molecular formula is C15H29N6+. The van der Waals surface area contributed by atoms with Crippen molar-refractivity contribution in [2.75, 3.05) is 6.54 Å². The fraction of sp³-hybridized carbons (Fsp3) is 0.733. The van der Waals surface area contributed by atoms with Gasteiger partial charge in [0.1, 0.15) is 0 Å². The number of hydrogen-bond acceptors (Lipinski definition) is 5. The number of aliphatic imine (C=N–C) groups is 1. The molecule has 6 N–H and O–H groups in total. The highest BCUT2D eigenvalue weighted by Crippen LogP contribution is 2.16. The Kier molecular flexibility index (Phi) is 6.50. The lowest BCUT2D eigenvalue weighted by Crippen LogP contribution is -2.73. The summed E-state index contributed by atoms with van der Waals surface area (Å²) in [5.41, 5.74) is 15.7. The molecule has 0 bridgehead atoms. The summed E-state index contributed by atoms with van der Waals surface area (Å²) >= 11 is 0. The van der Waals surface area contributed by atoms with Gasteiger partial charge < -0.3 is 5.73 Å². The summed E-state index contributed by atoms with van der Waals surface area (Å²) in [6.45, 7) is 5.20. The summed E-state index contributed by atoms with van der Waals surface area (Å²) in [6.07, 6.45) is 9.28. The Hall–Kier alpha value is -1.08. The molecule has 1 heterocycles. The summed E-state index contributed by atoms with van der Waals surface area (Å²) in [5.74, 6) is 1.46. The molecule has 1 fully saturated rings. The molecule has 21 heavy (non-hydrogen) atoms. The standard InChI is InChI=1S/C15H28N6/c1-3-11(4-2)14(19-15-7-8-17-21-15)10-18-20-13-6-5-12(16)9-13/h7-8,11-13,18,20H,3-6,9-10,16H2,1-2H3,(H,17,21)/p+1/b19-14+/t12-,13-/m1/s1. The van der Waals surface area contributed by atoms with E-state index in [9.17, 15) is 0 Å². The van der Waals surface area contributed by atoms with E-state index in [4.69, 9.17) is 10.7 Å². The average Bonchev–Trinajstić information content (AvgIpc) is 3.12. The van der Waals surface area contributed by atoms with Crippen molar-refractivity contribution in [2.45, 2.75) is 58.0 Å². The van der Waals surface area contributed by atoms with Gasteiger partial charge >= 0.3 is 0 Å². The Morgan fingerprint density at radius 2 is 2.29 bits per heavy atom. The van der Waals surface area contributed by atoms with Crippen LogP contribution in [-0.4, -0.2) is 30.6 Å². The molecule has 0 unspecified atom stereocenters. The van der Waals surface area contributed by atoms with Crippen LogP contribution in [0, 0.1) is 5.92 Å². The number of nitrogens with zero attached hydrogens (tertiary/aromatic N) is 2. The van der Waals surface area contributed by atoms with Crippen molar-refractivity contribution in [2.24, 2.45) is 21.7 Å². The monoisotopic (exact) mass is 293 g/mol. The Balaban J connectivity index is 1.86. The number of rotatable bonds is 8. The first kappa shape index (κ1) is 16.3. The minimum atomic E-state index is 0.354. The molecule has 0 spiro atoms. The lowest BCUT2D eigenvalue weighted by molar-refractivity contribution is -0.609. The minimum Gasteiger partial charge on any atom is -0.328 e. The fourth-order valence-corrected chi connectivity index (χ4v) is 2.98. The molecule has 0 aromatic carbocycles. The van der Waals surface area contributed by atoms with Gasteiger partial charge in [0.05, 0.1) is 6.21 Å². The number of quaternary nitrogens is 1. The van der Waals surface area contributed by atoms with Crippen LogP contribution < -0.4 is 22.0 Å². The van der Waals surface area contributed by atoms with E-state index < -0.39 is 0 Å². The van der Waals surface area contributed by atoms with Crippen LogP contribution in [-0.2, 0) is 0 Å². The Bertz CT molecular complexity index is 410. The second-order valence-corrected chi connectivity index (χ2v) is 5.90. The summed E-state index contributed by atoms with van der Waals surface area (Å²) in [5, 5.41) is 4.08. The molecule has 1 aliphatic heterocycles. The van der Waals surface area contributed by atoms with Crippen LogP contribution in [0.25, 0.3) is 0 Å². The van der Waals surface area contributed by atoms with Gasteiger partial charge in [-0.2, -0.15) is 5.43 Å². The molecule has 118 valence electrons. The Morgan fingerprint density at radius 1 is 1.48 bits per heavy atom. The topological polar surface area (TPSA) is 91.4 Å². The van der Waals surface area contributed by atoms with Crippen LogP contribution in [0.15, 0.2) is 22.0 Å². The number of nitrogens with one attached hydrogen (secondary N) is 2. The van der Waals surface area contributed by atoms with E-state index in [0.29, 0.717) is 18.0 Å². The summed E-state index contributed by atoms with van der Waals surface area (Å²) in [6, 6.07) is 0.843. The maximum absolute atomic E-state index is 5.94. The lowest BCUT2D eigenvalue weighted by atomic mass is 9.97. The molecule has 1 aliphatic carbocycles. The van der Waals surface area contributed by atoms with Crippen LogP contribution in [0.3, 0.4) is 0 Å². The van der Waals surface area contributed by atoms with E-state index in [2.05, 4.69) is 29.8 Å². The van der Waals surface area contributed by atoms with Crippen LogP contribution in [0.1, 0.15) is 46.0 Å². The van der Waals surface area contributed by atoms with Crippen LogP contribution in [0.4, 0.5) is 0 Å². The van der Waals surface area contributed by atoms with Crippen molar-refractivity contribution in [1.29, 1.82) is 0 Å². The Labute approximate surface area is 127 Å². The van der Waals surface area contributed by atoms with Gasteiger partial charge in [-0.25, -0.2) is 4.99 Å². The van der Waals surface area contributed by atoms with Gasteiger partial charge in [0.15, 0.2) is 0 Å². The third kappa shape index (κ3) is 5.00. The molecule has 0 aromatic rings. The second-order valence-electron chi connectivity index (χ2n) is 5.90. The zero-order valence-electron chi connectivity index (χ0n) is 13.2. The van der Waals surface area contributed by atoms with E-state index in [1.165, 1.54) is 5.71 Å². The largest absolute Gasteiger partial charge is 0.328 e. The van der Waals surface area contributed by atoms with Gasteiger partial charge in [-0.15, -0.1) is 0 Å². The molecule has 0 amide bonds. The predicted octanol–water partition coefficient (Wildman–Crippen LogP) is 0.242. The summed E-state index contributed by atoms with van der Waals surface area (Å²) in [7, 11) is 0. The van der Waals surface area contributed by atoms with Crippen LogP contribution in [0.2, 0.25) is 0 Å².